The lowest BCUT2D eigenvalue weighted by molar-refractivity contribution is 0.0512. The fourth-order valence-corrected chi connectivity index (χ4v) is 14.8. The van der Waals surface area contributed by atoms with E-state index in [9.17, 15) is 0 Å². The summed E-state index contributed by atoms with van der Waals surface area (Å²) in [6.45, 7) is 33.3. The van der Waals surface area contributed by atoms with Crippen LogP contribution in [0.4, 0.5) is 0 Å². The lowest BCUT2D eigenvalue weighted by Gasteiger charge is -2.47. The first-order valence-corrected chi connectivity index (χ1v) is 26.6. The third-order valence-corrected chi connectivity index (χ3v) is 19.4. The van der Waals surface area contributed by atoms with Crippen LogP contribution in [-0.2, 0) is 0 Å². The lowest BCUT2D eigenvalue weighted by Crippen LogP contribution is -2.36. The van der Waals surface area contributed by atoms with Crippen LogP contribution in [-0.4, -0.2) is 0 Å². The molecule has 0 radical (unpaired) electrons. The summed E-state index contributed by atoms with van der Waals surface area (Å²) in [7, 11) is 0. The Labute approximate surface area is 394 Å². The minimum absolute atomic E-state index is 0.477. The predicted molar refractivity (Wildman–Crippen MR) is 279 cm³/mol. The zero-order valence-corrected chi connectivity index (χ0v) is 43.7. The van der Waals surface area contributed by atoms with Crippen molar-refractivity contribution in [3.05, 3.63) is 139 Å². The normalized spacial score (nSPS) is 26.8. The molecule has 4 aliphatic carbocycles. The Hall–Kier alpha value is -3.12. The van der Waals surface area contributed by atoms with Gasteiger partial charge in [-0.05, 0) is 286 Å². The fourth-order valence-electron chi connectivity index (χ4n) is 14.8. The van der Waals surface area contributed by atoms with Gasteiger partial charge in [0.2, 0.25) is 0 Å². The van der Waals surface area contributed by atoms with Crippen molar-refractivity contribution in [1.29, 1.82) is 0 Å². The van der Waals surface area contributed by atoms with Gasteiger partial charge >= 0.3 is 0 Å². The standard InChI is InChI=1S/C33H48.C31H44/c1-21-17-23(3)25(5)31(19-21)27-9-13-29(14-10-27)33(7,8)30-15-11-28(12-16-30)32-20-22(2)18-24(4)26(32)6;1-21-7-17-29(23(3)19-21)25-9-13-27(14-10-25)31(5,6)28-15-11-26(12-16-28)30-18-8-22(2)20-24(30)4/h17-20,27-30H,9-16H2,1-8H3;7-8,17-20,25-28H,9-16H2,1-6H3. The van der Waals surface area contributed by atoms with Crippen molar-refractivity contribution in [3.63, 3.8) is 0 Å². The Bertz CT molecular complexity index is 2020. The van der Waals surface area contributed by atoms with E-state index in [1.54, 1.807) is 33.4 Å². The highest BCUT2D eigenvalue weighted by Gasteiger charge is 2.42. The van der Waals surface area contributed by atoms with E-state index in [1.807, 2.05) is 0 Å². The summed E-state index contributed by atoms with van der Waals surface area (Å²) in [6, 6.07) is 23.9. The van der Waals surface area contributed by atoms with Gasteiger partial charge in [-0.25, -0.2) is 0 Å². The van der Waals surface area contributed by atoms with E-state index >= 15 is 0 Å². The highest BCUT2D eigenvalue weighted by molar-refractivity contribution is 5.41. The van der Waals surface area contributed by atoms with Gasteiger partial charge in [0, 0.05) is 0 Å². The van der Waals surface area contributed by atoms with Crippen LogP contribution in [0.5, 0.6) is 0 Å². The summed E-state index contributed by atoms with van der Waals surface area (Å²) in [4.78, 5) is 0. The molecule has 8 rings (SSSR count). The van der Waals surface area contributed by atoms with Crippen LogP contribution in [0.15, 0.2) is 60.7 Å². The van der Waals surface area contributed by atoms with Crippen molar-refractivity contribution in [2.45, 2.75) is 223 Å². The van der Waals surface area contributed by atoms with E-state index in [4.69, 9.17) is 0 Å². The molecule has 0 unspecified atom stereocenters. The number of rotatable bonds is 8. The van der Waals surface area contributed by atoms with E-state index in [0.29, 0.717) is 10.8 Å². The summed E-state index contributed by atoms with van der Waals surface area (Å²) in [5, 5.41) is 0. The molecule has 4 aromatic rings. The van der Waals surface area contributed by atoms with E-state index in [0.717, 1.165) is 47.3 Å². The quantitative estimate of drug-likeness (QED) is 0.166. The third kappa shape index (κ3) is 10.8. The van der Waals surface area contributed by atoms with Gasteiger partial charge in [-0.1, -0.05) is 111 Å². The molecule has 0 aliphatic heterocycles. The Balaban J connectivity index is 0.000000192. The predicted octanol–water partition coefficient (Wildman–Crippen LogP) is 19.0. The topological polar surface area (TPSA) is 0 Å². The van der Waals surface area contributed by atoms with Crippen LogP contribution in [0, 0.1) is 104 Å². The molecule has 0 amide bonds. The highest BCUT2D eigenvalue weighted by Crippen LogP contribution is 2.54. The summed E-state index contributed by atoms with van der Waals surface area (Å²) in [5.41, 5.74) is 22.2. The second kappa shape index (κ2) is 20.4. The number of hydrogen-bond acceptors (Lipinski definition) is 0. The molecule has 0 nitrogen and oxygen atoms in total. The summed E-state index contributed by atoms with van der Waals surface area (Å²) in [6.07, 6.45) is 22.4. The van der Waals surface area contributed by atoms with Crippen LogP contribution in [0.3, 0.4) is 0 Å². The molecular weight excluding hydrogens is 769 g/mol. The van der Waals surface area contributed by atoms with Crippen molar-refractivity contribution in [2.24, 2.45) is 34.5 Å². The minimum Gasteiger partial charge on any atom is -0.0594 e. The van der Waals surface area contributed by atoms with E-state index in [-0.39, 0.29) is 0 Å². The zero-order valence-electron chi connectivity index (χ0n) is 43.7. The van der Waals surface area contributed by atoms with Crippen molar-refractivity contribution >= 4 is 0 Å². The molecule has 0 heteroatoms. The Morgan fingerprint density at radius 3 is 0.797 bits per heavy atom. The SMILES string of the molecule is Cc1cc(C)c(C)c(C2CCC(C(C)(C)C3CCC(c4cc(C)cc(C)c4C)CC3)CC2)c1.Cc1ccc(C2CCC(C(C)(C)C3CCC(c4ccc(C)cc4C)CC3)CC2)c(C)c1. The molecule has 0 atom stereocenters. The first-order chi connectivity index (χ1) is 30.3. The van der Waals surface area contributed by atoms with Gasteiger partial charge in [0.25, 0.3) is 0 Å². The first-order valence-electron chi connectivity index (χ1n) is 26.6. The lowest BCUT2D eigenvalue weighted by atomic mass is 9.58. The number of hydrogen-bond donors (Lipinski definition) is 0. The molecule has 0 bridgehead atoms. The van der Waals surface area contributed by atoms with E-state index in [1.165, 1.54) is 147 Å². The van der Waals surface area contributed by atoms with Crippen LogP contribution >= 0.6 is 0 Å². The third-order valence-electron chi connectivity index (χ3n) is 19.4. The zero-order chi connectivity index (χ0) is 46.1. The number of aryl methyl sites for hydroxylation is 8. The minimum atomic E-state index is 0.477. The fraction of sp³-hybridized carbons (Fsp3) is 0.625. The molecule has 0 aromatic heterocycles. The van der Waals surface area contributed by atoms with Gasteiger partial charge in [0.1, 0.15) is 0 Å². The molecular formula is C64H92. The summed E-state index contributed by atoms with van der Waals surface area (Å²) in [5.74, 6) is 6.71. The second-order valence-corrected chi connectivity index (χ2v) is 24.1. The maximum Gasteiger partial charge on any atom is -0.0159 e. The van der Waals surface area contributed by atoms with Gasteiger partial charge < -0.3 is 0 Å². The smallest absolute Gasteiger partial charge is 0.0159 e. The molecule has 0 N–H and O–H groups in total. The molecule has 64 heavy (non-hydrogen) atoms. The molecule has 4 aliphatic rings. The Morgan fingerprint density at radius 2 is 0.531 bits per heavy atom. The van der Waals surface area contributed by atoms with Crippen LogP contribution < -0.4 is 0 Å². The van der Waals surface area contributed by atoms with E-state index < -0.39 is 0 Å². The van der Waals surface area contributed by atoms with Crippen LogP contribution in [0.2, 0.25) is 0 Å². The molecule has 4 saturated carbocycles. The van der Waals surface area contributed by atoms with Crippen molar-refractivity contribution in [1.82, 2.24) is 0 Å². The number of benzene rings is 4. The molecule has 0 saturated heterocycles. The molecule has 4 aromatic carbocycles. The van der Waals surface area contributed by atoms with Gasteiger partial charge in [-0.15, -0.1) is 0 Å². The summed E-state index contributed by atoms with van der Waals surface area (Å²) >= 11 is 0. The highest BCUT2D eigenvalue weighted by atomic mass is 14.5. The van der Waals surface area contributed by atoms with Gasteiger partial charge in [0.15, 0.2) is 0 Å². The average Bonchev–Trinajstić information content (AvgIpc) is 3.26. The maximum atomic E-state index is 2.62. The van der Waals surface area contributed by atoms with Gasteiger partial charge in [-0.3, -0.25) is 0 Å². The van der Waals surface area contributed by atoms with Crippen molar-refractivity contribution in [2.75, 3.05) is 0 Å². The van der Waals surface area contributed by atoms with Gasteiger partial charge in [0.05, 0.1) is 0 Å². The van der Waals surface area contributed by atoms with Gasteiger partial charge in [-0.2, -0.15) is 0 Å². The summed E-state index contributed by atoms with van der Waals surface area (Å²) < 4.78 is 0. The Kier molecular flexibility index (Phi) is 15.6. The van der Waals surface area contributed by atoms with Crippen molar-refractivity contribution in [3.8, 4) is 0 Å². The molecule has 0 spiro atoms. The van der Waals surface area contributed by atoms with E-state index in [2.05, 4.69) is 158 Å². The largest absolute Gasteiger partial charge is 0.0594 e. The van der Waals surface area contributed by atoms with Crippen molar-refractivity contribution < 1.29 is 0 Å². The maximum absolute atomic E-state index is 2.62. The molecule has 4 fully saturated rings. The molecule has 348 valence electrons. The monoisotopic (exact) mass is 861 g/mol. The Morgan fingerprint density at radius 1 is 0.281 bits per heavy atom. The first kappa shape index (κ1) is 48.8. The van der Waals surface area contributed by atoms with Crippen LogP contribution in [0.25, 0.3) is 0 Å². The second-order valence-electron chi connectivity index (χ2n) is 24.1. The molecule has 0 heterocycles. The average molecular weight is 861 g/mol. The van der Waals surface area contributed by atoms with Crippen LogP contribution in [0.1, 0.15) is 232 Å².